The Morgan fingerprint density at radius 3 is 1.60 bits per heavy atom. The fourth-order valence-corrected chi connectivity index (χ4v) is 5.72. The van der Waals surface area contributed by atoms with Gasteiger partial charge in [0.2, 0.25) is 5.89 Å². The Kier molecular flexibility index (Phi) is 6.78. The zero-order valence-electron chi connectivity index (χ0n) is 24.3. The molecule has 0 bridgehead atoms. The van der Waals surface area contributed by atoms with Gasteiger partial charge in [-0.25, -0.2) is 15.0 Å². The van der Waals surface area contributed by atoms with Gasteiger partial charge in [0.05, 0.1) is 11.4 Å². The third kappa shape index (κ3) is 5.19. The highest BCUT2D eigenvalue weighted by atomic mass is 16.3. The van der Waals surface area contributed by atoms with Crippen molar-refractivity contribution >= 4 is 11.1 Å². The molecule has 6 aromatic carbocycles. The number of aromatic nitrogens is 3. The maximum Gasteiger partial charge on any atom is 0.227 e. The molecule has 45 heavy (non-hydrogen) atoms. The molecule has 8 rings (SSSR count). The smallest absolute Gasteiger partial charge is 0.227 e. The summed E-state index contributed by atoms with van der Waals surface area (Å²) in [5.41, 5.74) is 11.5. The van der Waals surface area contributed by atoms with Gasteiger partial charge >= 0.3 is 0 Å². The van der Waals surface area contributed by atoms with Crippen molar-refractivity contribution in [2.45, 2.75) is 0 Å². The van der Waals surface area contributed by atoms with Gasteiger partial charge in [0, 0.05) is 27.8 Å². The Balaban J connectivity index is 1.28. The molecule has 0 unspecified atom stereocenters. The van der Waals surface area contributed by atoms with Gasteiger partial charge in [0.25, 0.3) is 0 Å². The molecule has 0 aliphatic carbocycles. The van der Waals surface area contributed by atoms with Gasteiger partial charge in [-0.3, -0.25) is 0 Å². The maximum atomic E-state index is 6.22. The Morgan fingerprint density at radius 2 is 0.889 bits per heavy atom. The second-order valence-corrected chi connectivity index (χ2v) is 10.9. The van der Waals surface area contributed by atoms with Gasteiger partial charge in [-0.05, 0) is 41.0 Å². The van der Waals surface area contributed by atoms with Crippen LogP contribution in [0.2, 0.25) is 0 Å². The van der Waals surface area contributed by atoms with Crippen molar-refractivity contribution in [3.8, 4) is 67.6 Å². The summed E-state index contributed by atoms with van der Waals surface area (Å²) in [5.74, 6) is 1.27. The van der Waals surface area contributed by atoms with E-state index in [1.54, 1.807) is 0 Å². The molecule has 4 nitrogen and oxygen atoms in total. The van der Waals surface area contributed by atoms with Gasteiger partial charge in [0.1, 0.15) is 5.52 Å². The van der Waals surface area contributed by atoms with E-state index in [9.17, 15) is 0 Å². The van der Waals surface area contributed by atoms with Gasteiger partial charge in [0.15, 0.2) is 11.4 Å². The summed E-state index contributed by atoms with van der Waals surface area (Å²) in [6, 6.07) is 55.6. The number of hydrogen-bond acceptors (Lipinski definition) is 4. The minimum absolute atomic E-state index is 0.602. The summed E-state index contributed by atoms with van der Waals surface area (Å²) >= 11 is 0. The minimum atomic E-state index is 0.602. The third-order valence-corrected chi connectivity index (χ3v) is 7.98. The van der Waals surface area contributed by atoms with Crippen LogP contribution in [-0.4, -0.2) is 15.0 Å². The summed E-state index contributed by atoms with van der Waals surface area (Å²) in [6.45, 7) is 0. The average molecular weight is 578 g/mol. The Morgan fingerprint density at radius 1 is 0.356 bits per heavy atom. The number of para-hydroxylation sites is 1. The zero-order chi connectivity index (χ0) is 30.0. The lowest BCUT2D eigenvalue weighted by Crippen LogP contribution is -1.97. The van der Waals surface area contributed by atoms with Crippen LogP contribution in [0.25, 0.3) is 78.7 Å². The van der Waals surface area contributed by atoms with E-state index in [-0.39, 0.29) is 0 Å². The van der Waals surface area contributed by atoms with E-state index >= 15 is 0 Å². The highest BCUT2D eigenvalue weighted by Gasteiger charge is 2.18. The lowest BCUT2D eigenvalue weighted by atomic mass is 9.95. The van der Waals surface area contributed by atoms with E-state index in [0.717, 1.165) is 61.4 Å². The molecular weight excluding hydrogens is 550 g/mol. The monoisotopic (exact) mass is 577 g/mol. The molecule has 0 radical (unpaired) electrons. The molecule has 8 aromatic rings. The van der Waals surface area contributed by atoms with E-state index in [1.807, 2.05) is 66.7 Å². The van der Waals surface area contributed by atoms with E-state index in [0.29, 0.717) is 11.7 Å². The number of nitrogens with zero attached hydrogens (tertiary/aromatic N) is 3. The third-order valence-electron chi connectivity index (χ3n) is 7.98. The molecule has 0 atom stereocenters. The summed E-state index contributed by atoms with van der Waals surface area (Å²) in [7, 11) is 0. The van der Waals surface area contributed by atoms with Crippen molar-refractivity contribution in [2.24, 2.45) is 0 Å². The van der Waals surface area contributed by atoms with Crippen molar-refractivity contribution in [1.29, 1.82) is 0 Å². The molecule has 0 saturated heterocycles. The predicted molar refractivity (Wildman–Crippen MR) is 182 cm³/mol. The second-order valence-electron chi connectivity index (χ2n) is 10.9. The first kappa shape index (κ1) is 26.5. The quantitative estimate of drug-likeness (QED) is 0.197. The predicted octanol–water partition coefficient (Wildman–Crippen LogP) is 10.6. The minimum Gasteiger partial charge on any atom is -0.436 e. The topological polar surface area (TPSA) is 51.8 Å². The fourth-order valence-electron chi connectivity index (χ4n) is 5.72. The normalized spacial score (nSPS) is 11.1. The van der Waals surface area contributed by atoms with Gasteiger partial charge in [-0.2, -0.15) is 0 Å². The van der Waals surface area contributed by atoms with Crippen molar-refractivity contribution in [1.82, 2.24) is 15.0 Å². The van der Waals surface area contributed by atoms with Crippen molar-refractivity contribution in [2.75, 3.05) is 0 Å². The summed E-state index contributed by atoms with van der Waals surface area (Å²) in [6.07, 6.45) is 0. The SMILES string of the molecule is c1ccc(-c2ccc(-c3nc(-c4ccccc4)cc(-c4ccccc4-c4cccc5oc(-c6ccccc6)nc45)n3)cc2)cc1. The van der Waals surface area contributed by atoms with Crippen molar-refractivity contribution in [3.05, 3.63) is 164 Å². The standard InChI is InChI=1S/C41H27N3O/c1-4-13-28(14-5-1)29-23-25-31(26-24-29)40-42-36(30-15-6-2-7-16-30)27-37(43-40)34-20-11-10-19-33(34)35-21-12-22-38-39(35)44-41(45-38)32-17-8-3-9-18-32/h1-27H. The first-order chi connectivity index (χ1) is 22.3. The first-order valence-corrected chi connectivity index (χ1v) is 15.0. The highest BCUT2D eigenvalue weighted by molar-refractivity contribution is 5.97. The Bertz CT molecular complexity index is 2240. The summed E-state index contributed by atoms with van der Waals surface area (Å²) in [5, 5.41) is 0. The van der Waals surface area contributed by atoms with Crippen molar-refractivity contribution < 1.29 is 4.42 Å². The van der Waals surface area contributed by atoms with Gasteiger partial charge in [-0.1, -0.05) is 140 Å². The molecule has 2 aromatic heterocycles. The molecule has 212 valence electrons. The van der Waals surface area contributed by atoms with Crippen LogP contribution >= 0.6 is 0 Å². The van der Waals surface area contributed by atoms with Crippen LogP contribution < -0.4 is 0 Å². The van der Waals surface area contributed by atoms with Crippen LogP contribution in [0, 0.1) is 0 Å². The Hall–Kier alpha value is -6.13. The molecule has 2 heterocycles. The molecule has 0 fully saturated rings. The van der Waals surface area contributed by atoms with Crippen molar-refractivity contribution in [3.63, 3.8) is 0 Å². The molecule has 0 saturated carbocycles. The molecule has 0 N–H and O–H groups in total. The summed E-state index contributed by atoms with van der Waals surface area (Å²) < 4.78 is 6.22. The number of hydrogen-bond donors (Lipinski definition) is 0. The molecule has 4 heteroatoms. The lowest BCUT2D eigenvalue weighted by molar-refractivity contribution is 0.620. The average Bonchev–Trinajstić information content (AvgIpc) is 3.58. The molecule has 0 spiro atoms. The summed E-state index contributed by atoms with van der Waals surface area (Å²) in [4.78, 5) is 15.2. The van der Waals surface area contributed by atoms with Crippen LogP contribution in [-0.2, 0) is 0 Å². The van der Waals surface area contributed by atoms with E-state index in [2.05, 4.69) is 97.1 Å². The largest absolute Gasteiger partial charge is 0.436 e. The number of benzene rings is 6. The van der Waals surface area contributed by atoms with E-state index in [1.165, 1.54) is 5.56 Å². The number of fused-ring (bicyclic) bond motifs is 1. The number of rotatable bonds is 6. The van der Waals surface area contributed by atoms with Crippen LogP contribution in [0.4, 0.5) is 0 Å². The van der Waals surface area contributed by atoms with E-state index < -0.39 is 0 Å². The Labute approximate surface area is 261 Å². The zero-order valence-corrected chi connectivity index (χ0v) is 24.3. The fraction of sp³-hybridized carbons (Fsp3) is 0. The molecular formula is C41H27N3O. The highest BCUT2D eigenvalue weighted by Crippen LogP contribution is 2.38. The molecule has 0 aliphatic heterocycles. The first-order valence-electron chi connectivity index (χ1n) is 15.0. The van der Waals surface area contributed by atoms with E-state index in [4.69, 9.17) is 19.4 Å². The van der Waals surface area contributed by atoms with Crippen LogP contribution in [0.5, 0.6) is 0 Å². The number of oxazole rings is 1. The second kappa shape index (κ2) is 11.5. The van der Waals surface area contributed by atoms with Gasteiger partial charge < -0.3 is 4.42 Å². The van der Waals surface area contributed by atoms with Gasteiger partial charge in [-0.15, -0.1) is 0 Å². The van der Waals surface area contributed by atoms with Crippen LogP contribution in [0.3, 0.4) is 0 Å². The lowest BCUT2D eigenvalue weighted by Gasteiger charge is -2.13. The molecule has 0 aliphatic rings. The van der Waals surface area contributed by atoms with Crippen LogP contribution in [0.15, 0.2) is 168 Å². The van der Waals surface area contributed by atoms with Crippen LogP contribution in [0.1, 0.15) is 0 Å². The molecule has 0 amide bonds. The maximum absolute atomic E-state index is 6.22.